The number of piperazine rings is 1. The Bertz CT molecular complexity index is 751. The third-order valence-electron chi connectivity index (χ3n) is 5.74. The summed E-state index contributed by atoms with van der Waals surface area (Å²) in [5, 5.41) is 0. The molecule has 1 atom stereocenters. The van der Waals surface area contributed by atoms with Gasteiger partial charge in [0.1, 0.15) is 0 Å². The van der Waals surface area contributed by atoms with Crippen molar-refractivity contribution in [3.05, 3.63) is 29.3 Å². The normalized spacial score (nSPS) is 20.6. The van der Waals surface area contributed by atoms with E-state index in [1.807, 2.05) is 55.7 Å². The van der Waals surface area contributed by atoms with Gasteiger partial charge in [0, 0.05) is 50.7 Å². The average molecular weight is 371 g/mol. The first-order valence-corrected chi connectivity index (χ1v) is 9.73. The number of benzene rings is 1. The largest absolute Gasteiger partial charge is 0.339 e. The molecule has 2 saturated heterocycles. The van der Waals surface area contributed by atoms with Gasteiger partial charge in [0.2, 0.25) is 17.7 Å². The molecule has 0 aromatic heterocycles. The second-order valence-corrected chi connectivity index (χ2v) is 7.93. The van der Waals surface area contributed by atoms with E-state index >= 15 is 0 Å². The van der Waals surface area contributed by atoms with Gasteiger partial charge in [0.05, 0.1) is 5.92 Å². The number of carbonyl (C=O) groups excluding carboxylic acids is 3. The monoisotopic (exact) mass is 371 g/mol. The van der Waals surface area contributed by atoms with E-state index in [4.69, 9.17) is 0 Å². The van der Waals surface area contributed by atoms with E-state index in [1.165, 1.54) is 0 Å². The molecule has 2 heterocycles. The second-order valence-electron chi connectivity index (χ2n) is 7.93. The Morgan fingerprint density at radius 2 is 1.67 bits per heavy atom. The molecule has 27 heavy (non-hydrogen) atoms. The molecule has 0 spiro atoms. The summed E-state index contributed by atoms with van der Waals surface area (Å²) < 4.78 is 0. The molecule has 6 nitrogen and oxygen atoms in total. The molecular weight excluding hydrogens is 342 g/mol. The van der Waals surface area contributed by atoms with Crippen molar-refractivity contribution in [1.82, 2.24) is 9.80 Å². The van der Waals surface area contributed by atoms with Crippen molar-refractivity contribution in [1.29, 1.82) is 0 Å². The predicted molar refractivity (Wildman–Crippen MR) is 104 cm³/mol. The Hall–Kier alpha value is -2.37. The Balaban J connectivity index is 1.63. The van der Waals surface area contributed by atoms with Crippen LogP contribution < -0.4 is 4.90 Å². The van der Waals surface area contributed by atoms with Crippen LogP contribution in [0.3, 0.4) is 0 Å². The highest BCUT2D eigenvalue weighted by atomic mass is 16.2. The molecule has 3 rings (SSSR count). The summed E-state index contributed by atoms with van der Waals surface area (Å²) in [4.78, 5) is 43.0. The molecule has 0 N–H and O–H groups in total. The number of rotatable bonds is 3. The third kappa shape index (κ3) is 3.84. The van der Waals surface area contributed by atoms with Crippen molar-refractivity contribution in [2.75, 3.05) is 37.6 Å². The van der Waals surface area contributed by atoms with E-state index in [-0.39, 0.29) is 36.0 Å². The van der Waals surface area contributed by atoms with E-state index in [0.29, 0.717) is 32.7 Å². The van der Waals surface area contributed by atoms with Crippen LogP contribution in [0, 0.1) is 25.7 Å². The lowest BCUT2D eigenvalue weighted by Gasteiger charge is -2.36. The second kappa shape index (κ2) is 7.71. The van der Waals surface area contributed by atoms with Crippen molar-refractivity contribution in [2.45, 2.75) is 34.1 Å². The molecule has 0 bridgehead atoms. The third-order valence-corrected chi connectivity index (χ3v) is 5.74. The zero-order valence-electron chi connectivity index (χ0n) is 16.7. The number of nitrogens with zero attached hydrogens (tertiary/aromatic N) is 3. The summed E-state index contributed by atoms with van der Waals surface area (Å²) in [6, 6.07) is 5.92. The van der Waals surface area contributed by atoms with Crippen LogP contribution >= 0.6 is 0 Å². The molecule has 2 aliphatic rings. The van der Waals surface area contributed by atoms with Crippen LogP contribution in [0.15, 0.2) is 18.2 Å². The predicted octanol–water partition coefficient (Wildman–Crippen LogP) is 1.98. The Labute approximate surface area is 161 Å². The molecule has 3 amide bonds. The van der Waals surface area contributed by atoms with Crippen LogP contribution in [0.1, 0.15) is 31.4 Å². The zero-order valence-corrected chi connectivity index (χ0v) is 16.7. The van der Waals surface area contributed by atoms with Crippen molar-refractivity contribution in [3.8, 4) is 0 Å². The van der Waals surface area contributed by atoms with Crippen LogP contribution in [0.4, 0.5) is 5.69 Å². The smallest absolute Gasteiger partial charge is 0.228 e. The molecule has 0 saturated carbocycles. The van der Waals surface area contributed by atoms with Crippen LogP contribution in [0.25, 0.3) is 0 Å². The van der Waals surface area contributed by atoms with Crippen LogP contribution in [-0.2, 0) is 14.4 Å². The fourth-order valence-corrected chi connectivity index (χ4v) is 3.90. The first kappa shape index (κ1) is 19.4. The molecule has 146 valence electrons. The van der Waals surface area contributed by atoms with Gasteiger partial charge >= 0.3 is 0 Å². The van der Waals surface area contributed by atoms with Crippen LogP contribution in [0.5, 0.6) is 0 Å². The molecule has 6 heteroatoms. The molecule has 2 fully saturated rings. The van der Waals surface area contributed by atoms with E-state index in [9.17, 15) is 14.4 Å². The van der Waals surface area contributed by atoms with Crippen molar-refractivity contribution < 1.29 is 14.4 Å². The quantitative estimate of drug-likeness (QED) is 0.816. The minimum Gasteiger partial charge on any atom is -0.339 e. The number of amides is 3. The number of hydrogen-bond donors (Lipinski definition) is 0. The lowest BCUT2D eigenvalue weighted by atomic mass is 10.1. The first-order chi connectivity index (χ1) is 12.8. The topological polar surface area (TPSA) is 60.9 Å². The summed E-state index contributed by atoms with van der Waals surface area (Å²) in [5.74, 6) is -0.140. The Morgan fingerprint density at radius 3 is 2.30 bits per heavy atom. The van der Waals surface area contributed by atoms with Gasteiger partial charge in [-0.2, -0.15) is 0 Å². The zero-order chi connectivity index (χ0) is 19.7. The maximum atomic E-state index is 12.9. The summed E-state index contributed by atoms with van der Waals surface area (Å²) in [6.45, 7) is 10.5. The SMILES string of the molecule is Cc1cccc(N2C[C@@H](C(=O)N3CCN(C(=O)C(C)C)CC3)CC2=O)c1C. The van der Waals surface area contributed by atoms with Gasteiger partial charge in [-0.3, -0.25) is 14.4 Å². The summed E-state index contributed by atoms with van der Waals surface area (Å²) in [6.07, 6.45) is 0.261. The van der Waals surface area contributed by atoms with Gasteiger partial charge in [-0.15, -0.1) is 0 Å². The molecule has 1 aromatic rings. The van der Waals surface area contributed by atoms with Crippen molar-refractivity contribution >= 4 is 23.4 Å². The maximum absolute atomic E-state index is 12.9. The van der Waals surface area contributed by atoms with Crippen LogP contribution in [0.2, 0.25) is 0 Å². The van der Waals surface area contributed by atoms with E-state index < -0.39 is 0 Å². The van der Waals surface area contributed by atoms with Gasteiger partial charge in [0.25, 0.3) is 0 Å². The minimum absolute atomic E-state index is 0.00988. The lowest BCUT2D eigenvalue weighted by Crippen LogP contribution is -2.53. The molecule has 0 aliphatic carbocycles. The Kier molecular flexibility index (Phi) is 5.53. The standard InChI is InChI=1S/C21H29N3O3/c1-14(2)20(26)22-8-10-23(11-9-22)21(27)17-12-19(25)24(13-17)18-7-5-6-15(3)16(18)4/h5-7,14,17H,8-13H2,1-4H3/t17-/m0/s1. The minimum atomic E-state index is -0.301. The summed E-state index contributed by atoms with van der Waals surface area (Å²) in [7, 11) is 0. The highest BCUT2D eigenvalue weighted by molar-refractivity contribution is 6.01. The molecule has 0 radical (unpaired) electrons. The van der Waals surface area contributed by atoms with E-state index in [1.54, 1.807) is 4.90 Å². The lowest BCUT2D eigenvalue weighted by molar-refractivity contribution is -0.143. The van der Waals surface area contributed by atoms with Crippen molar-refractivity contribution in [2.24, 2.45) is 11.8 Å². The van der Waals surface area contributed by atoms with E-state index in [0.717, 1.165) is 16.8 Å². The molecule has 0 unspecified atom stereocenters. The first-order valence-electron chi connectivity index (χ1n) is 9.73. The van der Waals surface area contributed by atoms with Crippen molar-refractivity contribution in [3.63, 3.8) is 0 Å². The fourth-order valence-electron chi connectivity index (χ4n) is 3.90. The number of aryl methyl sites for hydroxylation is 1. The maximum Gasteiger partial charge on any atom is 0.228 e. The van der Waals surface area contributed by atoms with Gasteiger partial charge in [0.15, 0.2) is 0 Å². The molecule has 1 aromatic carbocycles. The highest BCUT2D eigenvalue weighted by Gasteiger charge is 2.38. The number of carbonyl (C=O) groups is 3. The van der Waals surface area contributed by atoms with Gasteiger partial charge in [-0.1, -0.05) is 26.0 Å². The molecule has 2 aliphatic heterocycles. The fraction of sp³-hybridized carbons (Fsp3) is 0.571. The van der Waals surface area contributed by atoms with Gasteiger partial charge in [-0.05, 0) is 31.0 Å². The molecular formula is C21H29N3O3. The van der Waals surface area contributed by atoms with Gasteiger partial charge < -0.3 is 14.7 Å². The highest BCUT2D eigenvalue weighted by Crippen LogP contribution is 2.30. The average Bonchev–Trinajstić information content (AvgIpc) is 3.04. The summed E-state index contributed by atoms with van der Waals surface area (Å²) in [5.41, 5.74) is 3.13. The number of hydrogen-bond acceptors (Lipinski definition) is 3. The van der Waals surface area contributed by atoms with E-state index in [2.05, 4.69) is 0 Å². The summed E-state index contributed by atoms with van der Waals surface area (Å²) >= 11 is 0. The Morgan fingerprint density at radius 1 is 1.04 bits per heavy atom. The van der Waals surface area contributed by atoms with Gasteiger partial charge in [-0.25, -0.2) is 0 Å². The van der Waals surface area contributed by atoms with Crippen LogP contribution in [-0.4, -0.2) is 60.2 Å². The number of anilines is 1.